The number of rotatable bonds is 2. The molecule has 0 aromatic heterocycles. The normalized spacial score (nSPS) is 12.3. The fourth-order valence-corrected chi connectivity index (χ4v) is 0.204. The second-order valence-electron chi connectivity index (χ2n) is 0.492. The van der Waals surface area contributed by atoms with Gasteiger partial charge < -0.3 is 4.55 Å². The van der Waals surface area contributed by atoms with Crippen molar-refractivity contribution in [3.05, 3.63) is 0 Å². The molecule has 0 saturated carbocycles. The van der Waals surface area contributed by atoms with Crippen molar-refractivity contribution in [3.8, 4) is 0 Å². The van der Waals surface area contributed by atoms with Crippen LogP contribution in [-0.4, -0.2) is 15.8 Å². The molecule has 1 atom stereocenters. The Morgan fingerprint density at radius 1 is 1.86 bits per heavy atom. The van der Waals surface area contributed by atoms with Crippen LogP contribution >= 0.6 is 0 Å². The molecule has 0 fully saturated rings. The minimum atomic E-state index is -2.43. The van der Waals surface area contributed by atoms with Crippen LogP contribution in [-0.2, 0) is 32.7 Å². The van der Waals surface area contributed by atoms with E-state index in [-0.39, 0.29) is 17.1 Å². The SMILES string of the molecule is CNOS(=O)[O-].[Cu]. The van der Waals surface area contributed by atoms with E-state index in [1.54, 1.807) is 0 Å². The fourth-order valence-electron chi connectivity index (χ4n) is 0.0680. The summed E-state index contributed by atoms with van der Waals surface area (Å²) in [6.07, 6.45) is 0. The van der Waals surface area contributed by atoms with Crippen molar-refractivity contribution in [2.45, 2.75) is 0 Å². The van der Waals surface area contributed by atoms with Gasteiger partial charge >= 0.3 is 0 Å². The molecule has 1 N–H and O–H groups in total. The van der Waals surface area contributed by atoms with Crippen LogP contribution in [0.4, 0.5) is 0 Å². The predicted molar refractivity (Wildman–Crippen MR) is 19.1 cm³/mol. The van der Waals surface area contributed by atoms with Gasteiger partial charge in [0.05, 0.1) is 0 Å². The third kappa shape index (κ3) is 10.8. The Hall–Kier alpha value is 0.549. The zero-order valence-electron chi connectivity index (χ0n) is 3.43. The van der Waals surface area contributed by atoms with E-state index in [0.29, 0.717) is 0 Å². The molecule has 0 heterocycles. The van der Waals surface area contributed by atoms with E-state index in [1.807, 2.05) is 5.48 Å². The zero-order chi connectivity index (χ0) is 4.99. The summed E-state index contributed by atoms with van der Waals surface area (Å²) in [4.78, 5) is 0. The molecule has 0 spiro atoms. The maximum atomic E-state index is 9.31. The Morgan fingerprint density at radius 3 is 2.29 bits per heavy atom. The number of hydrogen-bond acceptors (Lipinski definition) is 4. The van der Waals surface area contributed by atoms with Gasteiger partial charge in [-0.15, -0.1) is 0 Å². The summed E-state index contributed by atoms with van der Waals surface area (Å²) < 4.78 is 22.3. The molecular formula is CH4CuNO3S-. The van der Waals surface area contributed by atoms with Crippen LogP contribution in [0.1, 0.15) is 0 Å². The second kappa shape index (κ2) is 6.55. The molecule has 49 valence electrons. The van der Waals surface area contributed by atoms with Gasteiger partial charge in [0, 0.05) is 24.1 Å². The molecule has 0 aromatic carbocycles. The first kappa shape index (κ1) is 10.5. The topological polar surface area (TPSA) is 61.4 Å². The molecule has 0 bridgehead atoms. The van der Waals surface area contributed by atoms with Crippen LogP contribution in [0.3, 0.4) is 0 Å². The minimum Gasteiger partial charge on any atom is -0.748 e. The molecule has 0 amide bonds. The van der Waals surface area contributed by atoms with Gasteiger partial charge in [0.15, 0.2) is 0 Å². The Labute approximate surface area is 54.5 Å². The van der Waals surface area contributed by atoms with Crippen molar-refractivity contribution >= 4 is 11.4 Å². The maximum Gasteiger partial charge on any atom is 0.105 e. The molecular weight excluding hydrogens is 170 g/mol. The van der Waals surface area contributed by atoms with E-state index in [2.05, 4.69) is 4.28 Å². The summed E-state index contributed by atoms with van der Waals surface area (Å²) in [5, 5.41) is 0. The van der Waals surface area contributed by atoms with E-state index in [9.17, 15) is 8.76 Å². The third-order valence-corrected chi connectivity index (χ3v) is 0.454. The molecule has 7 heavy (non-hydrogen) atoms. The van der Waals surface area contributed by atoms with Gasteiger partial charge in [-0.25, -0.2) is 8.49 Å². The standard InChI is InChI=1S/CH5NO3S.Cu/c1-2-5-6(3)4;/h2H,1H3,(H,3,4);/p-1. The summed E-state index contributed by atoms with van der Waals surface area (Å²) in [5.74, 6) is 0. The first-order chi connectivity index (χ1) is 2.77. The summed E-state index contributed by atoms with van der Waals surface area (Å²) in [6.45, 7) is 0. The second-order valence-corrected chi connectivity index (χ2v) is 1.07. The van der Waals surface area contributed by atoms with Crippen LogP contribution in [0.25, 0.3) is 0 Å². The zero-order valence-corrected chi connectivity index (χ0v) is 5.19. The smallest absolute Gasteiger partial charge is 0.105 e. The van der Waals surface area contributed by atoms with E-state index in [4.69, 9.17) is 0 Å². The van der Waals surface area contributed by atoms with E-state index >= 15 is 0 Å². The van der Waals surface area contributed by atoms with Gasteiger partial charge in [0.1, 0.15) is 11.4 Å². The van der Waals surface area contributed by atoms with Crippen molar-refractivity contribution in [2.75, 3.05) is 7.05 Å². The predicted octanol–water partition coefficient (Wildman–Crippen LogP) is -1.07. The molecule has 0 aliphatic rings. The van der Waals surface area contributed by atoms with Crippen LogP contribution in [0.2, 0.25) is 0 Å². The average molecular weight is 174 g/mol. The van der Waals surface area contributed by atoms with Crippen LogP contribution in [0, 0.1) is 0 Å². The first-order valence-corrected chi connectivity index (χ1v) is 2.20. The number of hydroxylamine groups is 1. The minimum absolute atomic E-state index is 0. The third-order valence-electron chi connectivity index (χ3n) is 0.151. The van der Waals surface area contributed by atoms with Gasteiger partial charge in [0.25, 0.3) is 0 Å². The summed E-state index contributed by atoms with van der Waals surface area (Å²) in [6, 6.07) is 0. The molecule has 0 rings (SSSR count). The molecule has 0 aromatic rings. The largest absolute Gasteiger partial charge is 0.748 e. The Balaban J connectivity index is 0. The molecule has 0 saturated heterocycles. The Morgan fingerprint density at radius 2 is 2.29 bits per heavy atom. The van der Waals surface area contributed by atoms with Gasteiger partial charge in [-0.05, 0) is 0 Å². The molecule has 4 nitrogen and oxygen atoms in total. The summed E-state index contributed by atoms with van der Waals surface area (Å²) >= 11 is -2.43. The molecule has 1 radical (unpaired) electrons. The Bertz CT molecular complexity index is 58.9. The monoisotopic (exact) mass is 173 g/mol. The van der Waals surface area contributed by atoms with Gasteiger partial charge in [-0.1, -0.05) is 0 Å². The quantitative estimate of drug-likeness (QED) is 0.328. The van der Waals surface area contributed by atoms with E-state index < -0.39 is 11.4 Å². The molecule has 1 unspecified atom stereocenters. The summed E-state index contributed by atoms with van der Waals surface area (Å²) in [7, 11) is 1.36. The van der Waals surface area contributed by atoms with E-state index in [1.165, 1.54) is 7.05 Å². The number of nitrogens with one attached hydrogen (secondary N) is 1. The fraction of sp³-hybridized carbons (Fsp3) is 1.00. The molecule has 6 heteroatoms. The average Bonchev–Trinajstić information content (AvgIpc) is 1.35. The Kier molecular flexibility index (Phi) is 9.84. The first-order valence-electron chi connectivity index (χ1n) is 1.20. The van der Waals surface area contributed by atoms with Crippen molar-refractivity contribution in [2.24, 2.45) is 0 Å². The van der Waals surface area contributed by atoms with Gasteiger partial charge in [-0.2, -0.15) is 5.48 Å². The van der Waals surface area contributed by atoms with Crippen LogP contribution in [0.5, 0.6) is 0 Å². The molecule has 0 aliphatic heterocycles. The van der Waals surface area contributed by atoms with Crippen molar-refractivity contribution in [1.82, 2.24) is 5.48 Å². The van der Waals surface area contributed by atoms with Crippen LogP contribution in [0.15, 0.2) is 0 Å². The van der Waals surface area contributed by atoms with Gasteiger partial charge in [-0.3, -0.25) is 0 Å². The van der Waals surface area contributed by atoms with Crippen molar-refractivity contribution in [1.29, 1.82) is 0 Å². The van der Waals surface area contributed by atoms with E-state index in [0.717, 1.165) is 0 Å². The summed E-state index contributed by atoms with van der Waals surface area (Å²) in [5.41, 5.74) is 1.95. The van der Waals surface area contributed by atoms with Gasteiger partial charge in [0.2, 0.25) is 0 Å². The maximum absolute atomic E-state index is 9.31. The number of hydrogen-bond donors (Lipinski definition) is 1. The molecule has 0 aliphatic carbocycles. The van der Waals surface area contributed by atoms with Crippen LogP contribution < -0.4 is 5.48 Å². The van der Waals surface area contributed by atoms with Crippen molar-refractivity contribution in [3.63, 3.8) is 0 Å². The van der Waals surface area contributed by atoms with Crippen molar-refractivity contribution < 1.29 is 30.1 Å².